The first-order chi connectivity index (χ1) is 10.9. The van der Waals surface area contributed by atoms with Crippen LogP contribution < -0.4 is 0 Å². The molecule has 0 atom stereocenters. The Morgan fingerprint density at radius 2 is 1.74 bits per heavy atom. The van der Waals surface area contributed by atoms with Crippen LogP contribution in [0.25, 0.3) is 21.2 Å². The molecule has 0 aliphatic rings. The van der Waals surface area contributed by atoms with E-state index in [0.717, 1.165) is 4.21 Å². The minimum absolute atomic E-state index is 0.793. The lowest BCUT2D eigenvalue weighted by Gasteiger charge is -2.16. The first-order valence-corrected chi connectivity index (χ1v) is 9.03. The fourth-order valence-electron chi connectivity index (χ4n) is 2.48. The van der Waals surface area contributed by atoms with Gasteiger partial charge >= 0.3 is 5.97 Å². The Bertz CT molecular complexity index is 878. The van der Waals surface area contributed by atoms with Crippen molar-refractivity contribution in [2.45, 2.75) is 29.7 Å². The molecule has 23 heavy (non-hydrogen) atoms. The van der Waals surface area contributed by atoms with E-state index in [1.54, 1.807) is 25.2 Å². The Kier molecular flexibility index (Phi) is 4.21. The number of hydrogen-bond acceptors (Lipinski definition) is 3. The number of benzene rings is 2. The van der Waals surface area contributed by atoms with Gasteiger partial charge in [0, 0.05) is 4.88 Å². The number of thiophene rings is 1. The van der Waals surface area contributed by atoms with E-state index >= 15 is 0 Å². The number of hydrogen-bond donors (Lipinski definition) is 1. The van der Waals surface area contributed by atoms with Crippen LogP contribution in [-0.2, 0) is 4.79 Å². The van der Waals surface area contributed by atoms with Gasteiger partial charge in [0.2, 0.25) is 0 Å². The van der Waals surface area contributed by atoms with Gasteiger partial charge in [-0.05, 0) is 54.8 Å². The average molecular weight is 342 g/mol. The van der Waals surface area contributed by atoms with Crippen LogP contribution in [0.1, 0.15) is 19.4 Å². The predicted molar refractivity (Wildman–Crippen MR) is 99.6 cm³/mol. The van der Waals surface area contributed by atoms with E-state index in [2.05, 4.69) is 49.4 Å². The highest BCUT2D eigenvalue weighted by molar-refractivity contribution is 8.03. The van der Waals surface area contributed by atoms with Crippen molar-refractivity contribution in [2.75, 3.05) is 0 Å². The molecule has 1 N–H and O–H groups in total. The topological polar surface area (TPSA) is 37.3 Å². The molecular weight excluding hydrogens is 324 g/mol. The molecule has 1 aromatic heterocycles. The quantitative estimate of drug-likeness (QED) is 0.606. The lowest BCUT2D eigenvalue weighted by atomic mass is 9.99. The van der Waals surface area contributed by atoms with E-state index in [-0.39, 0.29) is 0 Å². The summed E-state index contributed by atoms with van der Waals surface area (Å²) in [5.74, 6) is -0.793. The molecule has 0 amide bonds. The number of rotatable bonds is 4. The Morgan fingerprint density at radius 1 is 1.04 bits per heavy atom. The Morgan fingerprint density at radius 3 is 2.43 bits per heavy atom. The van der Waals surface area contributed by atoms with E-state index in [1.807, 2.05) is 6.07 Å². The molecule has 4 heteroatoms. The second kappa shape index (κ2) is 6.02. The van der Waals surface area contributed by atoms with Crippen molar-refractivity contribution < 1.29 is 9.90 Å². The minimum Gasteiger partial charge on any atom is -0.480 e. The van der Waals surface area contributed by atoms with Crippen molar-refractivity contribution in [1.29, 1.82) is 0 Å². The molecule has 3 aromatic rings. The molecule has 0 aliphatic heterocycles. The molecule has 2 nitrogen and oxygen atoms in total. The maximum atomic E-state index is 11.3. The molecule has 0 unspecified atom stereocenters. The molecular formula is C19H18O2S2. The van der Waals surface area contributed by atoms with Crippen LogP contribution in [0.2, 0.25) is 0 Å². The lowest BCUT2D eigenvalue weighted by Crippen LogP contribution is -2.26. The van der Waals surface area contributed by atoms with E-state index < -0.39 is 10.7 Å². The molecule has 2 aromatic carbocycles. The van der Waals surface area contributed by atoms with Crippen LogP contribution in [0.4, 0.5) is 0 Å². The summed E-state index contributed by atoms with van der Waals surface area (Å²) in [5.41, 5.74) is 2.47. The van der Waals surface area contributed by atoms with Crippen LogP contribution in [-0.4, -0.2) is 15.8 Å². The van der Waals surface area contributed by atoms with Crippen LogP contribution in [0.15, 0.2) is 52.7 Å². The standard InChI is InChI=1S/C19H18O2S2/c1-12-8-9-15(14-7-5-4-6-13(12)14)16-10-11-17(22-16)23-19(2,3)18(20)21/h4-11H,1-3H3,(H,20,21). The molecule has 0 saturated carbocycles. The first kappa shape index (κ1) is 16.1. The summed E-state index contributed by atoms with van der Waals surface area (Å²) in [6.45, 7) is 5.60. The van der Waals surface area contributed by atoms with E-state index in [1.165, 1.54) is 38.5 Å². The molecule has 1 heterocycles. The van der Waals surface area contributed by atoms with Crippen LogP contribution in [0.5, 0.6) is 0 Å². The third-order valence-electron chi connectivity index (χ3n) is 3.86. The SMILES string of the molecule is Cc1ccc(-c2ccc(SC(C)(C)C(=O)O)s2)c2ccccc12. The van der Waals surface area contributed by atoms with Gasteiger partial charge in [0.15, 0.2) is 0 Å². The van der Waals surface area contributed by atoms with E-state index in [9.17, 15) is 9.90 Å². The summed E-state index contributed by atoms with van der Waals surface area (Å²) in [6, 6.07) is 16.8. The zero-order chi connectivity index (χ0) is 16.6. The number of fused-ring (bicyclic) bond motifs is 1. The molecule has 118 valence electrons. The van der Waals surface area contributed by atoms with Gasteiger partial charge in [-0.15, -0.1) is 11.3 Å². The second-order valence-electron chi connectivity index (χ2n) is 6.01. The molecule has 0 fully saturated rings. The zero-order valence-electron chi connectivity index (χ0n) is 13.3. The fraction of sp³-hybridized carbons (Fsp3) is 0.211. The van der Waals surface area contributed by atoms with Crippen LogP contribution in [0.3, 0.4) is 0 Å². The third kappa shape index (κ3) is 3.14. The predicted octanol–water partition coefficient (Wildman–Crippen LogP) is 5.83. The monoisotopic (exact) mass is 342 g/mol. The van der Waals surface area contributed by atoms with Crippen LogP contribution in [0, 0.1) is 6.92 Å². The van der Waals surface area contributed by atoms with Gasteiger partial charge in [0.1, 0.15) is 4.75 Å². The van der Waals surface area contributed by atoms with Gasteiger partial charge in [-0.2, -0.15) is 0 Å². The van der Waals surface area contributed by atoms with Crippen molar-refractivity contribution in [2.24, 2.45) is 0 Å². The Hall–Kier alpha value is -1.78. The smallest absolute Gasteiger partial charge is 0.319 e. The van der Waals surface area contributed by atoms with Gasteiger partial charge in [0.25, 0.3) is 0 Å². The van der Waals surface area contributed by atoms with Gasteiger partial charge < -0.3 is 5.11 Å². The first-order valence-electron chi connectivity index (χ1n) is 7.39. The lowest BCUT2D eigenvalue weighted by molar-refractivity contribution is -0.138. The summed E-state index contributed by atoms with van der Waals surface area (Å²) in [7, 11) is 0. The second-order valence-corrected chi connectivity index (χ2v) is 9.02. The van der Waals surface area contributed by atoms with Gasteiger partial charge in [-0.25, -0.2) is 0 Å². The third-order valence-corrected chi connectivity index (χ3v) is 6.30. The summed E-state index contributed by atoms with van der Waals surface area (Å²) in [5, 5.41) is 11.8. The average Bonchev–Trinajstić information content (AvgIpc) is 2.95. The van der Waals surface area contributed by atoms with Crippen molar-refractivity contribution in [3.8, 4) is 10.4 Å². The zero-order valence-corrected chi connectivity index (χ0v) is 14.9. The van der Waals surface area contributed by atoms with Gasteiger partial charge in [-0.1, -0.05) is 48.2 Å². The number of carboxylic acid groups (broad SMARTS) is 1. The molecule has 0 aliphatic carbocycles. The normalized spacial score (nSPS) is 11.8. The number of carboxylic acids is 1. The summed E-state index contributed by atoms with van der Waals surface area (Å²) in [6.07, 6.45) is 0. The fourth-order valence-corrected chi connectivity index (χ4v) is 5.04. The van der Waals surface area contributed by atoms with E-state index in [4.69, 9.17) is 0 Å². The molecule has 3 rings (SSSR count). The van der Waals surface area contributed by atoms with Gasteiger partial charge in [0.05, 0.1) is 4.21 Å². The highest BCUT2D eigenvalue weighted by Gasteiger charge is 2.29. The van der Waals surface area contributed by atoms with Crippen molar-refractivity contribution >= 4 is 39.8 Å². The summed E-state index contributed by atoms with van der Waals surface area (Å²) < 4.78 is 0.203. The number of carbonyl (C=O) groups is 1. The highest BCUT2D eigenvalue weighted by atomic mass is 32.2. The maximum absolute atomic E-state index is 11.3. The molecule has 0 spiro atoms. The molecule has 0 bridgehead atoms. The summed E-state index contributed by atoms with van der Waals surface area (Å²) in [4.78, 5) is 12.5. The maximum Gasteiger partial charge on any atom is 0.319 e. The van der Waals surface area contributed by atoms with Crippen molar-refractivity contribution in [3.63, 3.8) is 0 Å². The molecule has 0 saturated heterocycles. The van der Waals surface area contributed by atoms with Crippen LogP contribution >= 0.6 is 23.1 Å². The number of aryl methyl sites for hydroxylation is 1. The largest absolute Gasteiger partial charge is 0.480 e. The number of thioether (sulfide) groups is 1. The Balaban J connectivity index is 2.02. The molecule has 0 radical (unpaired) electrons. The minimum atomic E-state index is -0.822. The highest BCUT2D eigenvalue weighted by Crippen LogP contribution is 2.42. The van der Waals surface area contributed by atoms with Crippen molar-refractivity contribution in [3.05, 3.63) is 54.1 Å². The van der Waals surface area contributed by atoms with Gasteiger partial charge in [-0.3, -0.25) is 4.79 Å². The van der Waals surface area contributed by atoms with Crippen molar-refractivity contribution in [1.82, 2.24) is 0 Å². The summed E-state index contributed by atoms with van der Waals surface area (Å²) >= 11 is 3.05. The Labute approximate surface area is 144 Å². The number of aliphatic carboxylic acids is 1. The van der Waals surface area contributed by atoms with E-state index in [0.29, 0.717) is 0 Å².